The lowest BCUT2D eigenvalue weighted by Crippen LogP contribution is -2.19. The van der Waals surface area contributed by atoms with Crippen LogP contribution in [0.1, 0.15) is 37.1 Å². The Morgan fingerprint density at radius 2 is 2.00 bits per heavy atom. The van der Waals surface area contributed by atoms with E-state index in [1.165, 1.54) is 29.1 Å². The van der Waals surface area contributed by atoms with Gasteiger partial charge in [-0.3, -0.25) is 20.1 Å². The third-order valence-electron chi connectivity index (χ3n) is 5.54. The van der Waals surface area contributed by atoms with Gasteiger partial charge in [-0.05, 0) is 32.0 Å². The molecule has 0 aromatic carbocycles. The monoisotopic (exact) mass is 489 g/mol. The van der Waals surface area contributed by atoms with Gasteiger partial charge in [0.15, 0.2) is 11.5 Å². The van der Waals surface area contributed by atoms with E-state index in [0.717, 1.165) is 6.20 Å². The summed E-state index contributed by atoms with van der Waals surface area (Å²) in [6.45, 7) is 3.26. The zero-order chi connectivity index (χ0) is 25.3. The largest absolute Gasteiger partial charge is 0.441 e. The molecule has 2 N–H and O–H groups in total. The van der Waals surface area contributed by atoms with Crippen molar-refractivity contribution in [3.05, 3.63) is 47.7 Å². The molecule has 3 heterocycles. The number of rotatable bonds is 7. The topological polar surface area (TPSA) is 124 Å². The van der Waals surface area contributed by atoms with Crippen molar-refractivity contribution in [1.82, 2.24) is 25.0 Å². The smallest absolute Gasteiger partial charge is 0.413 e. The molecule has 1 aliphatic carbocycles. The minimum Gasteiger partial charge on any atom is -0.441 e. The maximum absolute atomic E-state index is 13.5. The van der Waals surface area contributed by atoms with Crippen molar-refractivity contribution < 1.29 is 27.5 Å². The van der Waals surface area contributed by atoms with E-state index in [4.69, 9.17) is 4.74 Å². The van der Waals surface area contributed by atoms with E-state index in [1.54, 1.807) is 20.9 Å². The summed E-state index contributed by atoms with van der Waals surface area (Å²) in [5, 5.41) is 13.0. The fourth-order valence-electron chi connectivity index (χ4n) is 3.49. The molecule has 0 spiro atoms. The highest BCUT2D eigenvalue weighted by molar-refractivity contribution is 5.91. The number of pyridine rings is 2. The molecule has 0 radical (unpaired) electrons. The molecule has 184 valence electrons. The molecular weight excluding hydrogens is 467 g/mol. The van der Waals surface area contributed by atoms with Gasteiger partial charge in [0.2, 0.25) is 5.91 Å². The molecule has 0 aliphatic heterocycles. The van der Waals surface area contributed by atoms with E-state index in [1.807, 2.05) is 0 Å². The summed E-state index contributed by atoms with van der Waals surface area (Å²) in [4.78, 5) is 32.6. The summed E-state index contributed by atoms with van der Waals surface area (Å²) in [5.74, 6) is -4.57. The quantitative estimate of drug-likeness (QED) is 0.514. The lowest BCUT2D eigenvalue weighted by molar-refractivity contribution is -0.117. The molecule has 4 rings (SSSR count). The first kappa shape index (κ1) is 24.1. The van der Waals surface area contributed by atoms with Crippen LogP contribution in [-0.2, 0) is 16.6 Å². The number of nitrogens with zero attached hydrogens (tertiary/aromatic N) is 5. The van der Waals surface area contributed by atoms with Crippen molar-refractivity contribution in [2.75, 3.05) is 10.6 Å². The van der Waals surface area contributed by atoms with E-state index in [9.17, 15) is 22.8 Å². The summed E-state index contributed by atoms with van der Waals surface area (Å²) in [6.07, 6.45) is 0.275. The molecule has 3 aromatic heterocycles. The number of alkyl halides is 2. The van der Waals surface area contributed by atoms with Crippen LogP contribution in [0.15, 0.2) is 30.6 Å². The normalized spacial score (nSPS) is 16.9. The van der Waals surface area contributed by atoms with Gasteiger partial charge in [0.05, 0.1) is 23.8 Å². The molecule has 13 heteroatoms. The second-order valence-corrected chi connectivity index (χ2v) is 8.26. The predicted molar refractivity (Wildman–Crippen MR) is 118 cm³/mol. The summed E-state index contributed by atoms with van der Waals surface area (Å²) in [5.41, 5.74) is 1.84. The lowest BCUT2D eigenvalue weighted by atomic mass is 10.1. The number of carbonyl (C=O) groups is 2. The number of aromatic nitrogens is 5. The highest BCUT2D eigenvalue weighted by Crippen LogP contribution is 2.50. The van der Waals surface area contributed by atoms with Gasteiger partial charge in [0.25, 0.3) is 5.92 Å². The van der Waals surface area contributed by atoms with Crippen molar-refractivity contribution in [3.8, 4) is 11.4 Å². The van der Waals surface area contributed by atoms with Gasteiger partial charge in [-0.2, -0.15) is 0 Å². The number of aryl methyl sites for hydroxylation is 2. The first-order chi connectivity index (χ1) is 16.5. The highest BCUT2D eigenvalue weighted by Gasteiger charge is 2.57. The average molecular weight is 489 g/mol. The second-order valence-electron chi connectivity index (χ2n) is 8.26. The molecule has 35 heavy (non-hydrogen) atoms. The Bertz CT molecular complexity index is 1260. The van der Waals surface area contributed by atoms with Crippen LogP contribution in [0.25, 0.3) is 11.4 Å². The maximum Gasteiger partial charge on any atom is 0.413 e. The number of ether oxygens (including phenoxy) is 1. The summed E-state index contributed by atoms with van der Waals surface area (Å²) >= 11 is 0. The Morgan fingerprint density at radius 3 is 2.66 bits per heavy atom. The molecule has 1 saturated carbocycles. The Balaban J connectivity index is 1.41. The fraction of sp³-hybridized carbons (Fsp3) is 0.364. The van der Waals surface area contributed by atoms with Crippen LogP contribution in [-0.4, -0.2) is 42.9 Å². The van der Waals surface area contributed by atoms with Gasteiger partial charge in [-0.1, -0.05) is 5.21 Å². The average Bonchev–Trinajstić information content (AvgIpc) is 3.23. The Morgan fingerprint density at radius 1 is 1.26 bits per heavy atom. The zero-order valence-electron chi connectivity index (χ0n) is 19.1. The summed E-state index contributed by atoms with van der Waals surface area (Å²) in [6, 6.07) is 4.31. The third kappa shape index (κ3) is 5.55. The third-order valence-corrected chi connectivity index (χ3v) is 5.54. The number of hydrogen-bond acceptors (Lipinski definition) is 7. The number of anilines is 2. The number of hydrogen-bond donors (Lipinski definition) is 2. The van der Waals surface area contributed by atoms with E-state index < -0.39 is 35.8 Å². The van der Waals surface area contributed by atoms with Crippen LogP contribution in [0.3, 0.4) is 0 Å². The molecule has 10 nitrogen and oxygen atoms in total. The van der Waals surface area contributed by atoms with Gasteiger partial charge < -0.3 is 10.1 Å². The van der Waals surface area contributed by atoms with Gasteiger partial charge in [0.1, 0.15) is 11.9 Å². The molecule has 0 saturated heterocycles. The summed E-state index contributed by atoms with van der Waals surface area (Å²) < 4.78 is 46.2. The molecule has 0 bridgehead atoms. The number of halogens is 3. The molecule has 2 atom stereocenters. The number of nitrogens with one attached hydrogen (secondary N) is 2. The van der Waals surface area contributed by atoms with Gasteiger partial charge >= 0.3 is 6.09 Å². The van der Waals surface area contributed by atoms with Crippen LogP contribution < -0.4 is 10.6 Å². The number of amides is 2. The number of carbonyl (C=O) groups excluding carboxylic acids is 2. The molecular formula is C22H22F3N7O3. The lowest BCUT2D eigenvalue weighted by Gasteiger charge is -2.16. The SMILES string of the molecule is Cc1ncc(F)cc1[C@@H](C)OC(=O)Nc1c(-c2ccc(NC(=O)C[C@@H]3CC3(F)F)cn2)nnn1C. The maximum atomic E-state index is 13.5. The Hall–Kier alpha value is -4.03. The van der Waals surface area contributed by atoms with Crippen molar-refractivity contribution in [3.63, 3.8) is 0 Å². The van der Waals surface area contributed by atoms with E-state index in [-0.39, 0.29) is 24.4 Å². The van der Waals surface area contributed by atoms with Crippen LogP contribution in [0, 0.1) is 18.7 Å². The predicted octanol–water partition coefficient (Wildman–Crippen LogP) is 4.01. The first-order valence-electron chi connectivity index (χ1n) is 10.7. The van der Waals surface area contributed by atoms with Gasteiger partial charge in [0, 0.05) is 37.1 Å². The van der Waals surface area contributed by atoms with Gasteiger partial charge in [-0.25, -0.2) is 22.6 Å². The fourth-order valence-corrected chi connectivity index (χ4v) is 3.49. The summed E-state index contributed by atoms with van der Waals surface area (Å²) in [7, 11) is 1.55. The van der Waals surface area contributed by atoms with Crippen LogP contribution in [0.2, 0.25) is 0 Å². The van der Waals surface area contributed by atoms with Crippen LogP contribution >= 0.6 is 0 Å². The highest BCUT2D eigenvalue weighted by atomic mass is 19.3. The molecule has 1 fully saturated rings. The van der Waals surface area contributed by atoms with Crippen LogP contribution in [0.5, 0.6) is 0 Å². The Labute approximate surface area is 197 Å². The Kier molecular flexibility index (Phi) is 6.41. The van der Waals surface area contributed by atoms with E-state index >= 15 is 0 Å². The van der Waals surface area contributed by atoms with Crippen molar-refractivity contribution in [2.24, 2.45) is 13.0 Å². The first-order valence-corrected chi connectivity index (χ1v) is 10.7. The van der Waals surface area contributed by atoms with Gasteiger partial charge in [-0.15, -0.1) is 5.10 Å². The van der Waals surface area contributed by atoms with Crippen LogP contribution in [0.4, 0.5) is 29.5 Å². The molecule has 1 aliphatic rings. The minimum atomic E-state index is -2.76. The zero-order valence-corrected chi connectivity index (χ0v) is 19.1. The minimum absolute atomic E-state index is 0.191. The van der Waals surface area contributed by atoms with Crippen molar-refractivity contribution in [1.29, 1.82) is 0 Å². The van der Waals surface area contributed by atoms with E-state index in [0.29, 0.717) is 22.6 Å². The van der Waals surface area contributed by atoms with E-state index in [2.05, 4.69) is 30.9 Å². The standard InChI is InChI=1S/C22H22F3N7O3/c1-11-16(7-14(23)9-26-11)12(2)35-21(34)29-20-19(30-31-32(20)3)17-5-4-15(10-27-17)28-18(33)6-13-8-22(13,24)25/h4-5,7,9-10,12-13H,6,8H2,1-3H3,(H,28,33)(H,29,34)/t12-,13-/m1/s1. The van der Waals surface area contributed by atoms with Crippen molar-refractivity contribution in [2.45, 2.75) is 38.7 Å². The second kappa shape index (κ2) is 9.31. The molecule has 3 aromatic rings. The van der Waals surface area contributed by atoms with Crippen molar-refractivity contribution >= 4 is 23.5 Å². The molecule has 0 unspecified atom stereocenters. The molecule has 2 amide bonds.